The van der Waals surface area contributed by atoms with E-state index in [2.05, 4.69) is 24.9 Å². The van der Waals surface area contributed by atoms with Gasteiger partial charge >= 0.3 is 6.18 Å². The summed E-state index contributed by atoms with van der Waals surface area (Å²) in [7, 11) is 1.39. The van der Waals surface area contributed by atoms with Gasteiger partial charge in [0.1, 0.15) is 24.6 Å². The predicted octanol–water partition coefficient (Wildman–Crippen LogP) is 2.69. The van der Waals surface area contributed by atoms with Gasteiger partial charge in [0.15, 0.2) is 17.5 Å². The lowest BCUT2D eigenvalue weighted by molar-refractivity contribution is -0.139. The third-order valence-electron chi connectivity index (χ3n) is 4.44. The molecule has 2 N–H and O–H groups in total. The van der Waals surface area contributed by atoms with Crippen molar-refractivity contribution in [3.63, 3.8) is 0 Å². The first-order chi connectivity index (χ1) is 14.1. The second-order valence-electron chi connectivity index (χ2n) is 6.99. The van der Waals surface area contributed by atoms with Crippen LogP contribution in [0.3, 0.4) is 0 Å². The van der Waals surface area contributed by atoms with E-state index in [4.69, 9.17) is 0 Å². The quantitative estimate of drug-likeness (QED) is 0.589. The maximum Gasteiger partial charge on any atom is 0.405 e. The number of nitrogens with one attached hydrogen (secondary N) is 2. The molecule has 0 aliphatic rings. The number of likely N-dealkylation sites (N-methyl/N-ethyl adjacent to an activating group) is 1. The Balaban J connectivity index is 1.95. The summed E-state index contributed by atoms with van der Waals surface area (Å²) >= 11 is 0. The van der Waals surface area contributed by atoms with E-state index in [1.807, 2.05) is 5.32 Å². The zero-order chi connectivity index (χ0) is 22.1. The molecular formula is C18H19F4N7O. The molecule has 8 nitrogen and oxygen atoms in total. The molecule has 30 heavy (non-hydrogen) atoms. The fourth-order valence-corrected chi connectivity index (χ4v) is 3.13. The summed E-state index contributed by atoms with van der Waals surface area (Å²) < 4.78 is 52.0. The number of aromatic amines is 1. The van der Waals surface area contributed by atoms with Crippen LogP contribution in [0.4, 0.5) is 23.4 Å². The zero-order valence-electron chi connectivity index (χ0n) is 16.3. The average molecular weight is 425 g/mol. The number of carbonyl (C=O) groups is 1. The van der Waals surface area contributed by atoms with Crippen molar-refractivity contribution in [1.29, 1.82) is 0 Å². The molecule has 0 aliphatic heterocycles. The normalized spacial score (nSPS) is 12.9. The van der Waals surface area contributed by atoms with Crippen LogP contribution in [0.1, 0.15) is 13.8 Å². The summed E-state index contributed by atoms with van der Waals surface area (Å²) in [6, 6.07) is -1.09. The number of halogens is 4. The third kappa shape index (κ3) is 4.47. The number of nitrogens with zero attached hydrogens (tertiary/aromatic N) is 5. The monoisotopic (exact) mass is 425 g/mol. The van der Waals surface area contributed by atoms with Crippen LogP contribution in [0.25, 0.3) is 22.4 Å². The Kier molecular flexibility index (Phi) is 5.85. The first kappa shape index (κ1) is 21.4. The Bertz CT molecular complexity index is 1050. The van der Waals surface area contributed by atoms with Crippen molar-refractivity contribution < 1.29 is 22.4 Å². The van der Waals surface area contributed by atoms with Crippen molar-refractivity contribution >= 4 is 22.8 Å². The molecule has 3 aromatic rings. The Morgan fingerprint density at radius 2 is 2.00 bits per heavy atom. The molecule has 0 aliphatic carbocycles. The Labute approximate surface area is 168 Å². The summed E-state index contributed by atoms with van der Waals surface area (Å²) in [6.07, 6.45) is 0.889. The minimum absolute atomic E-state index is 0.150. The molecule has 0 aromatic carbocycles. The highest BCUT2D eigenvalue weighted by Crippen LogP contribution is 2.28. The van der Waals surface area contributed by atoms with Crippen molar-refractivity contribution in [2.45, 2.75) is 26.1 Å². The number of amides is 1. The van der Waals surface area contributed by atoms with E-state index in [0.717, 1.165) is 6.20 Å². The largest absolute Gasteiger partial charge is 0.405 e. The molecule has 160 valence electrons. The molecule has 0 unspecified atom stereocenters. The highest BCUT2D eigenvalue weighted by Gasteiger charge is 2.33. The molecule has 0 fully saturated rings. The van der Waals surface area contributed by atoms with Gasteiger partial charge in [-0.25, -0.2) is 24.3 Å². The molecule has 3 aromatic heterocycles. The number of fused-ring (bicyclic) bond motifs is 1. The first-order valence-corrected chi connectivity index (χ1v) is 8.95. The summed E-state index contributed by atoms with van der Waals surface area (Å²) in [6.45, 7) is 1.81. The van der Waals surface area contributed by atoms with Gasteiger partial charge in [-0.15, -0.1) is 0 Å². The zero-order valence-corrected chi connectivity index (χ0v) is 16.3. The molecule has 3 rings (SSSR count). The Hall–Kier alpha value is -3.31. The molecule has 0 radical (unpaired) electrons. The van der Waals surface area contributed by atoms with Crippen LogP contribution in [-0.4, -0.2) is 56.6 Å². The fourth-order valence-electron chi connectivity index (χ4n) is 3.13. The highest BCUT2D eigenvalue weighted by atomic mass is 19.4. The topological polar surface area (TPSA) is 99.7 Å². The molecular weight excluding hydrogens is 406 g/mol. The number of rotatable bonds is 6. The number of hydrogen-bond acceptors (Lipinski definition) is 6. The minimum Gasteiger partial charge on any atom is -0.345 e. The number of aromatic nitrogens is 5. The average Bonchev–Trinajstić information content (AvgIpc) is 3.10. The van der Waals surface area contributed by atoms with E-state index in [0.29, 0.717) is 16.6 Å². The second kappa shape index (κ2) is 8.20. The van der Waals surface area contributed by atoms with E-state index >= 15 is 0 Å². The van der Waals surface area contributed by atoms with Crippen LogP contribution in [0.2, 0.25) is 0 Å². The van der Waals surface area contributed by atoms with Crippen molar-refractivity contribution in [1.82, 2.24) is 30.2 Å². The molecule has 3 heterocycles. The van der Waals surface area contributed by atoms with Crippen molar-refractivity contribution in [2.75, 3.05) is 18.5 Å². The van der Waals surface area contributed by atoms with Gasteiger partial charge in [0.25, 0.3) is 0 Å². The van der Waals surface area contributed by atoms with Gasteiger partial charge in [-0.1, -0.05) is 13.8 Å². The van der Waals surface area contributed by atoms with Crippen LogP contribution in [0, 0.1) is 11.7 Å². The molecule has 0 spiro atoms. The minimum atomic E-state index is -4.56. The second-order valence-corrected chi connectivity index (χ2v) is 6.99. The molecule has 1 atom stereocenters. The van der Waals surface area contributed by atoms with Crippen LogP contribution >= 0.6 is 0 Å². The van der Waals surface area contributed by atoms with Crippen molar-refractivity contribution in [3.05, 3.63) is 30.7 Å². The van der Waals surface area contributed by atoms with E-state index in [1.165, 1.54) is 18.3 Å². The predicted molar refractivity (Wildman–Crippen MR) is 101 cm³/mol. The lowest BCUT2D eigenvalue weighted by Crippen LogP contribution is -2.50. The number of hydrogen-bond donors (Lipinski definition) is 2. The van der Waals surface area contributed by atoms with Gasteiger partial charge in [-0.05, 0) is 5.92 Å². The van der Waals surface area contributed by atoms with Gasteiger partial charge < -0.3 is 15.2 Å². The van der Waals surface area contributed by atoms with Gasteiger partial charge in [0.05, 0.1) is 6.20 Å². The third-order valence-corrected chi connectivity index (χ3v) is 4.44. The first-order valence-electron chi connectivity index (χ1n) is 8.95. The van der Waals surface area contributed by atoms with Crippen molar-refractivity contribution in [2.24, 2.45) is 5.92 Å². The van der Waals surface area contributed by atoms with Crippen LogP contribution in [0.15, 0.2) is 24.9 Å². The summed E-state index contributed by atoms with van der Waals surface area (Å²) in [5.41, 5.74) is 1.05. The number of H-pyrrole nitrogens is 1. The molecule has 12 heteroatoms. The number of anilines is 1. The molecule has 0 bridgehead atoms. The highest BCUT2D eigenvalue weighted by molar-refractivity contribution is 5.91. The number of alkyl halides is 3. The lowest BCUT2D eigenvalue weighted by Gasteiger charge is -2.31. The van der Waals surface area contributed by atoms with E-state index < -0.39 is 36.4 Å². The Morgan fingerprint density at radius 1 is 1.27 bits per heavy atom. The maximum absolute atomic E-state index is 14.5. The SMILES string of the molecule is CC(C)[C@H](C(=O)NCC(F)(F)F)N(C)c1nc(-c2c[nH]c3ncncc23)ncc1F. The number of carbonyl (C=O) groups excluding carboxylic acids is 1. The molecule has 0 saturated carbocycles. The lowest BCUT2D eigenvalue weighted by atomic mass is 10.0. The molecule has 0 saturated heterocycles. The maximum atomic E-state index is 14.5. The molecule has 1 amide bonds. The van der Waals surface area contributed by atoms with Crippen LogP contribution in [-0.2, 0) is 4.79 Å². The van der Waals surface area contributed by atoms with Crippen LogP contribution < -0.4 is 10.2 Å². The van der Waals surface area contributed by atoms with E-state index in [-0.39, 0.29) is 11.6 Å². The van der Waals surface area contributed by atoms with E-state index in [9.17, 15) is 22.4 Å². The van der Waals surface area contributed by atoms with E-state index in [1.54, 1.807) is 26.2 Å². The Morgan fingerprint density at radius 3 is 2.67 bits per heavy atom. The van der Waals surface area contributed by atoms with Gasteiger partial charge in [0, 0.05) is 30.4 Å². The smallest absolute Gasteiger partial charge is 0.345 e. The summed E-state index contributed by atoms with van der Waals surface area (Å²) in [4.78, 5) is 32.8. The van der Waals surface area contributed by atoms with Crippen LogP contribution in [0.5, 0.6) is 0 Å². The fraction of sp³-hybridized carbons (Fsp3) is 0.389. The van der Waals surface area contributed by atoms with Crippen molar-refractivity contribution in [3.8, 4) is 11.4 Å². The summed E-state index contributed by atoms with van der Waals surface area (Å²) in [5.74, 6) is -2.19. The summed E-state index contributed by atoms with van der Waals surface area (Å²) in [5, 5.41) is 2.46. The van der Waals surface area contributed by atoms with Gasteiger partial charge in [-0.2, -0.15) is 13.2 Å². The van der Waals surface area contributed by atoms with Gasteiger partial charge in [0.2, 0.25) is 5.91 Å². The standard InChI is InChI=1S/C18H19F4N7O/c1-9(2)13(17(30)26-7-18(20,21)22)29(3)16-12(19)6-25-15(28-16)11-5-24-14-10(11)4-23-8-27-14/h4-6,8-9,13H,7H2,1-3H3,(H,26,30)(H,23,24,27)/t13-/m1/s1. The van der Waals surface area contributed by atoms with Gasteiger partial charge in [-0.3, -0.25) is 4.79 Å².